The summed E-state index contributed by atoms with van der Waals surface area (Å²) in [6.45, 7) is 5.25. The topological polar surface area (TPSA) is 12.0 Å². The van der Waals surface area contributed by atoms with E-state index in [1.54, 1.807) is 0 Å². The van der Waals surface area contributed by atoms with Crippen LogP contribution in [0.25, 0.3) is 0 Å². The van der Waals surface area contributed by atoms with Gasteiger partial charge in [0, 0.05) is 12.0 Å². The van der Waals surface area contributed by atoms with Crippen LogP contribution in [0.4, 0.5) is 8.78 Å². The zero-order valence-corrected chi connectivity index (χ0v) is 11.2. The van der Waals surface area contributed by atoms with Crippen molar-refractivity contribution in [2.24, 2.45) is 0 Å². The fourth-order valence-corrected chi connectivity index (χ4v) is 1.87. The lowest BCUT2D eigenvalue weighted by Crippen LogP contribution is -2.34. The van der Waals surface area contributed by atoms with E-state index < -0.39 is 11.2 Å². The number of halogens is 2. The third-order valence-electron chi connectivity index (χ3n) is 2.74. The van der Waals surface area contributed by atoms with Gasteiger partial charge in [-0.15, -0.1) is 0 Å². The van der Waals surface area contributed by atoms with Gasteiger partial charge in [-0.1, -0.05) is 13.8 Å². The summed E-state index contributed by atoms with van der Waals surface area (Å²) in [6, 6.07) is 3.60. The highest BCUT2D eigenvalue weighted by Crippen LogP contribution is 2.25. The maximum atomic E-state index is 13.6. The van der Waals surface area contributed by atoms with Crippen LogP contribution in [0.15, 0.2) is 18.2 Å². The molecule has 1 rings (SSSR count). The van der Waals surface area contributed by atoms with Gasteiger partial charge in [0.15, 0.2) is 0 Å². The smallest absolute Gasteiger partial charge is 0.127 e. The lowest BCUT2D eigenvalue weighted by Gasteiger charge is -2.26. The molecule has 0 amide bonds. The van der Waals surface area contributed by atoms with E-state index in [0.29, 0.717) is 12.1 Å². The molecular formula is C13H19F2NS. The number of thiol groups is 1. The Kier molecular flexibility index (Phi) is 5.40. The minimum atomic E-state index is -0.428. The number of nitrogens with one attached hydrogen (secondary N) is 1. The molecule has 0 spiro atoms. The van der Waals surface area contributed by atoms with Gasteiger partial charge in [0.25, 0.3) is 0 Å². The Hall–Kier alpha value is -0.610. The molecule has 0 bridgehead atoms. The standard InChI is InChI=1S/C13H19F2NS/c1-13(2,9-16-6-3-7-17)11-8-10(14)4-5-12(11)15/h4-5,8,16-17H,3,6-7,9H2,1-2H3. The summed E-state index contributed by atoms with van der Waals surface area (Å²) in [4.78, 5) is 0. The lowest BCUT2D eigenvalue weighted by molar-refractivity contribution is 0.441. The summed E-state index contributed by atoms with van der Waals surface area (Å²) in [5, 5.41) is 3.23. The number of benzene rings is 1. The fraction of sp³-hybridized carbons (Fsp3) is 0.538. The third-order valence-corrected chi connectivity index (χ3v) is 3.05. The second-order valence-electron chi connectivity index (χ2n) is 4.76. The molecule has 1 nitrogen and oxygen atoms in total. The molecule has 0 heterocycles. The zero-order valence-electron chi connectivity index (χ0n) is 10.3. The maximum Gasteiger partial charge on any atom is 0.127 e. The van der Waals surface area contributed by atoms with E-state index in [0.717, 1.165) is 24.8 Å². The van der Waals surface area contributed by atoms with Gasteiger partial charge in [-0.05, 0) is 42.5 Å². The van der Waals surface area contributed by atoms with E-state index in [-0.39, 0.29) is 5.82 Å². The summed E-state index contributed by atoms with van der Waals surface area (Å²) in [5.74, 6) is 0.0686. The highest BCUT2D eigenvalue weighted by atomic mass is 32.1. The van der Waals surface area contributed by atoms with Gasteiger partial charge in [-0.25, -0.2) is 8.78 Å². The summed E-state index contributed by atoms with van der Waals surface area (Å²) < 4.78 is 26.8. The summed E-state index contributed by atoms with van der Waals surface area (Å²) in [5.41, 5.74) is -0.0149. The zero-order chi connectivity index (χ0) is 12.9. The highest BCUT2D eigenvalue weighted by Gasteiger charge is 2.24. The van der Waals surface area contributed by atoms with E-state index >= 15 is 0 Å². The van der Waals surface area contributed by atoms with Crippen LogP contribution in [0.1, 0.15) is 25.8 Å². The molecule has 0 aromatic heterocycles. The lowest BCUT2D eigenvalue weighted by atomic mass is 9.84. The summed E-state index contributed by atoms with van der Waals surface area (Å²) >= 11 is 4.12. The van der Waals surface area contributed by atoms with Crippen molar-refractivity contribution in [2.45, 2.75) is 25.7 Å². The van der Waals surface area contributed by atoms with E-state index in [1.165, 1.54) is 12.1 Å². The van der Waals surface area contributed by atoms with Crippen molar-refractivity contribution < 1.29 is 8.78 Å². The van der Waals surface area contributed by atoms with Crippen molar-refractivity contribution in [1.82, 2.24) is 5.32 Å². The molecular weight excluding hydrogens is 240 g/mol. The molecule has 0 aliphatic rings. The van der Waals surface area contributed by atoms with Crippen molar-refractivity contribution in [3.8, 4) is 0 Å². The van der Waals surface area contributed by atoms with Gasteiger partial charge in [-0.2, -0.15) is 12.6 Å². The molecule has 1 N–H and O–H groups in total. The molecule has 0 atom stereocenters. The average molecular weight is 259 g/mol. The molecule has 0 saturated carbocycles. The second kappa shape index (κ2) is 6.36. The molecule has 0 unspecified atom stereocenters. The Bertz CT molecular complexity index is 366. The van der Waals surface area contributed by atoms with E-state index in [9.17, 15) is 8.78 Å². The molecule has 0 radical (unpaired) electrons. The number of hydrogen-bond donors (Lipinski definition) is 2. The minimum Gasteiger partial charge on any atom is -0.316 e. The first-order valence-electron chi connectivity index (χ1n) is 5.74. The largest absolute Gasteiger partial charge is 0.316 e. The predicted molar refractivity (Wildman–Crippen MR) is 70.7 cm³/mol. The molecule has 1 aromatic carbocycles. The summed E-state index contributed by atoms with van der Waals surface area (Å²) in [6.07, 6.45) is 0.963. The molecule has 0 fully saturated rings. The van der Waals surface area contributed by atoms with E-state index in [1.807, 2.05) is 13.8 Å². The van der Waals surface area contributed by atoms with Gasteiger partial charge in [0.1, 0.15) is 11.6 Å². The molecule has 0 aliphatic heterocycles. The highest BCUT2D eigenvalue weighted by molar-refractivity contribution is 7.80. The van der Waals surface area contributed by atoms with E-state index in [2.05, 4.69) is 17.9 Å². The van der Waals surface area contributed by atoms with Crippen molar-refractivity contribution in [1.29, 1.82) is 0 Å². The SMILES string of the molecule is CC(C)(CNCCCS)c1cc(F)ccc1F. The first-order valence-corrected chi connectivity index (χ1v) is 6.38. The monoisotopic (exact) mass is 259 g/mol. The number of hydrogen-bond acceptors (Lipinski definition) is 2. The van der Waals surface area contributed by atoms with Gasteiger partial charge < -0.3 is 5.32 Å². The molecule has 1 aromatic rings. The Labute approximate surface area is 107 Å². The van der Waals surface area contributed by atoms with Crippen LogP contribution in [0, 0.1) is 11.6 Å². The summed E-state index contributed by atoms with van der Waals surface area (Å²) in [7, 11) is 0. The Morgan fingerprint density at radius 2 is 2.00 bits per heavy atom. The van der Waals surface area contributed by atoms with Crippen LogP contribution in [0.5, 0.6) is 0 Å². The van der Waals surface area contributed by atoms with Crippen LogP contribution < -0.4 is 5.32 Å². The molecule has 17 heavy (non-hydrogen) atoms. The Balaban J connectivity index is 2.71. The van der Waals surface area contributed by atoms with Gasteiger partial charge >= 0.3 is 0 Å². The van der Waals surface area contributed by atoms with Gasteiger partial charge in [0.05, 0.1) is 0 Å². The van der Waals surface area contributed by atoms with Gasteiger partial charge in [0.2, 0.25) is 0 Å². The van der Waals surface area contributed by atoms with Crippen LogP contribution in [0.3, 0.4) is 0 Å². The first-order chi connectivity index (χ1) is 7.97. The minimum absolute atomic E-state index is 0.354. The van der Waals surface area contributed by atoms with Crippen molar-refractivity contribution >= 4 is 12.6 Å². The predicted octanol–water partition coefficient (Wildman–Crippen LogP) is 3.15. The van der Waals surface area contributed by atoms with Crippen LogP contribution in [-0.4, -0.2) is 18.8 Å². The second-order valence-corrected chi connectivity index (χ2v) is 5.21. The van der Waals surface area contributed by atoms with Gasteiger partial charge in [-0.3, -0.25) is 0 Å². The first kappa shape index (κ1) is 14.5. The molecule has 0 saturated heterocycles. The fourth-order valence-electron chi connectivity index (χ4n) is 1.72. The molecule has 96 valence electrons. The van der Waals surface area contributed by atoms with Crippen molar-refractivity contribution in [3.05, 3.63) is 35.4 Å². The third kappa shape index (κ3) is 4.28. The number of rotatable bonds is 6. The normalized spacial score (nSPS) is 11.8. The van der Waals surface area contributed by atoms with E-state index in [4.69, 9.17) is 0 Å². The van der Waals surface area contributed by atoms with Crippen LogP contribution >= 0.6 is 12.6 Å². The molecule has 0 aliphatic carbocycles. The molecule has 4 heteroatoms. The quantitative estimate of drug-likeness (QED) is 0.591. The van der Waals surface area contributed by atoms with Crippen molar-refractivity contribution in [2.75, 3.05) is 18.8 Å². The Morgan fingerprint density at radius 1 is 1.29 bits per heavy atom. The van der Waals surface area contributed by atoms with Crippen LogP contribution in [0.2, 0.25) is 0 Å². The van der Waals surface area contributed by atoms with Crippen molar-refractivity contribution in [3.63, 3.8) is 0 Å². The Morgan fingerprint density at radius 3 is 2.65 bits per heavy atom. The van der Waals surface area contributed by atoms with Crippen LogP contribution in [-0.2, 0) is 5.41 Å². The average Bonchev–Trinajstić information content (AvgIpc) is 2.28. The maximum absolute atomic E-state index is 13.6.